The van der Waals surface area contributed by atoms with Gasteiger partial charge >= 0.3 is 0 Å². The third kappa shape index (κ3) is 4.56. The Hall–Kier alpha value is -2.50. The fraction of sp³-hybridized carbons (Fsp3) is 0.350. The molecular formula is C20H20F3NO2. The van der Waals surface area contributed by atoms with Gasteiger partial charge in [0, 0.05) is 19.2 Å². The SMILES string of the molecule is O=C(c1cc(F)ccc1F)N1CCC(CCOc2cccc(F)c2)CC1. The van der Waals surface area contributed by atoms with Crippen molar-refractivity contribution in [2.75, 3.05) is 19.7 Å². The van der Waals surface area contributed by atoms with E-state index in [1.807, 2.05) is 0 Å². The Bertz CT molecular complexity index is 773. The molecule has 6 heteroatoms. The summed E-state index contributed by atoms with van der Waals surface area (Å²) in [6.45, 7) is 1.47. The molecule has 1 heterocycles. The lowest BCUT2D eigenvalue weighted by Crippen LogP contribution is -2.39. The van der Waals surface area contributed by atoms with Crippen LogP contribution in [-0.4, -0.2) is 30.5 Å². The number of halogens is 3. The first kappa shape index (κ1) is 18.3. The summed E-state index contributed by atoms with van der Waals surface area (Å²) >= 11 is 0. The Labute approximate surface area is 150 Å². The van der Waals surface area contributed by atoms with E-state index in [0.29, 0.717) is 31.4 Å². The van der Waals surface area contributed by atoms with Gasteiger partial charge in [-0.2, -0.15) is 0 Å². The van der Waals surface area contributed by atoms with Crippen LogP contribution in [0, 0.1) is 23.4 Å². The van der Waals surface area contributed by atoms with Crippen LogP contribution in [0.4, 0.5) is 13.2 Å². The van der Waals surface area contributed by atoms with Crippen molar-refractivity contribution in [2.45, 2.75) is 19.3 Å². The van der Waals surface area contributed by atoms with E-state index in [2.05, 4.69) is 0 Å². The van der Waals surface area contributed by atoms with E-state index in [0.717, 1.165) is 37.5 Å². The summed E-state index contributed by atoms with van der Waals surface area (Å²) < 4.78 is 45.7. The molecule has 1 amide bonds. The molecular weight excluding hydrogens is 343 g/mol. The van der Waals surface area contributed by atoms with Gasteiger partial charge in [0.05, 0.1) is 12.2 Å². The molecule has 138 valence electrons. The number of carbonyl (C=O) groups excluding carboxylic acids is 1. The molecule has 3 rings (SSSR count). The Balaban J connectivity index is 1.46. The fourth-order valence-corrected chi connectivity index (χ4v) is 3.16. The standard InChI is InChI=1S/C20H20F3NO2/c21-15-2-1-3-17(12-15)26-11-8-14-6-9-24(10-7-14)20(25)18-13-16(22)4-5-19(18)23/h1-5,12-14H,6-11H2. The molecule has 0 bridgehead atoms. The van der Waals surface area contributed by atoms with Crippen molar-refractivity contribution in [2.24, 2.45) is 5.92 Å². The van der Waals surface area contributed by atoms with E-state index in [-0.39, 0.29) is 11.4 Å². The highest BCUT2D eigenvalue weighted by molar-refractivity contribution is 5.94. The first-order chi connectivity index (χ1) is 12.5. The maximum absolute atomic E-state index is 13.8. The third-order valence-electron chi connectivity index (χ3n) is 4.65. The van der Waals surface area contributed by atoms with E-state index >= 15 is 0 Å². The van der Waals surface area contributed by atoms with Crippen molar-refractivity contribution < 1.29 is 22.7 Å². The quantitative estimate of drug-likeness (QED) is 0.787. The summed E-state index contributed by atoms with van der Waals surface area (Å²) in [6, 6.07) is 8.92. The number of carbonyl (C=O) groups is 1. The molecule has 0 saturated carbocycles. The number of hydrogen-bond acceptors (Lipinski definition) is 2. The first-order valence-corrected chi connectivity index (χ1v) is 8.65. The number of piperidine rings is 1. The zero-order valence-corrected chi connectivity index (χ0v) is 14.3. The molecule has 0 aromatic heterocycles. The normalized spacial score (nSPS) is 15.1. The third-order valence-corrected chi connectivity index (χ3v) is 4.65. The van der Waals surface area contributed by atoms with Crippen LogP contribution in [-0.2, 0) is 0 Å². The van der Waals surface area contributed by atoms with Crippen LogP contribution in [0.3, 0.4) is 0 Å². The van der Waals surface area contributed by atoms with Crippen molar-refractivity contribution in [1.29, 1.82) is 0 Å². The lowest BCUT2D eigenvalue weighted by Gasteiger charge is -2.32. The predicted octanol–water partition coefficient (Wildman–Crippen LogP) is 4.43. The second kappa shape index (κ2) is 8.25. The zero-order chi connectivity index (χ0) is 18.5. The van der Waals surface area contributed by atoms with E-state index < -0.39 is 17.5 Å². The summed E-state index contributed by atoms with van der Waals surface area (Å²) in [4.78, 5) is 13.9. The summed E-state index contributed by atoms with van der Waals surface area (Å²) in [6.07, 6.45) is 2.34. The van der Waals surface area contributed by atoms with Gasteiger partial charge in [-0.05, 0) is 55.5 Å². The van der Waals surface area contributed by atoms with Crippen molar-refractivity contribution >= 4 is 5.91 Å². The molecule has 0 radical (unpaired) electrons. The van der Waals surface area contributed by atoms with Gasteiger partial charge < -0.3 is 9.64 Å². The molecule has 1 aliphatic rings. The van der Waals surface area contributed by atoms with Crippen LogP contribution in [0.25, 0.3) is 0 Å². The summed E-state index contributed by atoms with van der Waals surface area (Å²) in [5.41, 5.74) is -0.224. The maximum Gasteiger partial charge on any atom is 0.256 e. The first-order valence-electron chi connectivity index (χ1n) is 8.65. The minimum Gasteiger partial charge on any atom is -0.493 e. The molecule has 3 nitrogen and oxygen atoms in total. The summed E-state index contributed by atoms with van der Waals surface area (Å²) in [7, 11) is 0. The Morgan fingerprint density at radius 3 is 2.50 bits per heavy atom. The van der Waals surface area contributed by atoms with E-state index in [1.54, 1.807) is 17.0 Å². The van der Waals surface area contributed by atoms with Gasteiger partial charge in [-0.1, -0.05) is 6.07 Å². The fourth-order valence-electron chi connectivity index (χ4n) is 3.16. The number of amides is 1. The number of hydrogen-bond donors (Lipinski definition) is 0. The lowest BCUT2D eigenvalue weighted by molar-refractivity contribution is 0.0675. The number of ether oxygens (including phenoxy) is 1. The Morgan fingerprint density at radius 2 is 1.77 bits per heavy atom. The molecule has 0 spiro atoms. The second-order valence-electron chi connectivity index (χ2n) is 6.45. The van der Waals surface area contributed by atoms with Gasteiger partial charge in [0.25, 0.3) is 5.91 Å². The van der Waals surface area contributed by atoms with Crippen molar-refractivity contribution in [3.8, 4) is 5.75 Å². The molecule has 2 aromatic carbocycles. The number of likely N-dealkylation sites (tertiary alicyclic amines) is 1. The van der Waals surface area contributed by atoms with Gasteiger partial charge in [-0.15, -0.1) is 0 Å². The summed E-state index contributed by atoms with van der Waals surface area (Å²) in [5, 5.41) is 0. The van der Waals surface area contributed by atoms with Crippen LogP contribution >= 0.6 is 0 Å². The number of rotatable bonds is 5. The van der Waals surface area contributed by atoms with Crippen molar-refractivity contribution in [1.82, 2.24) is 4.90 Å². The molecule has 1 fully saturated rings. The van der Waals surface area contributed by atoms with Gasteiger partial charge in [-0.25, -0.2) is 13.2 Å². The Kier molecular flexibility index (Phi) is 5.81. The highest BCUT2D eigenvalue weighted by Gasteiger charge is 2.25. The van der Waals surface area contributed by atoms with E-state index in [1.165, 1.54) is 12.1 Å². The molecule has 0 aliphatic carbocycles. The number of benzene rings is 2. The molecule has 0 unspecified atom stereocenters. The molecule has 1 aliphatic heterocycles. The van der Waals surface area contributed by atoms with Crippen molar-refractivity contribution in [3.05, 3.63) is 65.5 Å². The molecule has 2 aromatic rings. The highest BCUT2D eigenvalue weighted by atomic mass is 19.1. The Morgan fingerprint density at radius 1 is 1.04 bits per heavy atom. The lowest BCUT2D eigenvalue weighted by atomic mass is 9.93. The van der Waals surface area contributed by atoms with Crippen LogP contribution in [0.1, 0.15) is 29.6 Å². The van der Waals surface area contributed by atoms with Crippen LogP contribution in [0.5, 0.6) is 5.75 Å². The van der Waals surface area contributed by atoms with Gasteiger partial charge in [-0.3, -0.25) is 4.79 Å². The maximum atomic E-state index is 13.8. The van der Waals surface area contributed by atoms with Gasteiger partial charge in [0.1, 0.15) is 23.2 Å². The molecule has 1 saturated heterocycles. The van der Waals surface area contributed by atoms with Gasteiger partial charge in [0.15, 0.2) is 0 Å². The smallest absolute Gasteiger partial charge is 0.256 e. The van der Waals surface area contributed by atoms with Crippen LogP contribution in [0.15, 0.2) is 42.5 Å². The largest absolute Gasteiger partial charge is 0.493 e. The monoisotopic (exact) mass is 363 g/mol. The average molecular weight is 363 g/mol. The zero-order valence-electron chi connectivity index (χ0n) is 14.3. The van der Waals surface area contributed by atoms with E-state index in [9.17, 15) is 18.0 Å². The molecule has 0 atom stereocenters. The predicted molar refractivity (Wildman–Crippen MR) is 91.5 cm³/mol. The minimum absolute atomic E-state index is 0.224. The average Bonchev–Trinajstić information content (AvgIpc) is 2.64. The number of nitrogens with zero attached hydrogens (tertiary/aromatic N) is 1. The highest BCUT2D eigenvalue weighted by Crippen LogP contribution is 2.23. The minimum atomic E-state index is -0.706. The molecule has 26 heavy (non-hydrogen) atoms. The summed E-state index contributed by atoms with van der Waals surface area (Å²) in [5.74, 6) is -1.26. The topological polar surface area (TPSA) is 29.5 Å². The van der Waals surface area contributed by atoms with Gasteiger partial charge in [0.2, 0.25) is 0 Å². The van der Waals surface area contributed by atoms with Crippen LogP contribution in [0.2, 0.25) is 0 Å². The van der Waals surface area contributed by atoms with E-state index in [4.69, 9.17) is 4.74 Å². The second-order valence-corrected chi connectivity index (χ2v) is 6.45. The van der Waals surface area contributed by atoms with Crippen LogP contribution < -0.4 is 4.74 Å². The molecule has 0 N–H and O–H groups in total. The van der Waals surface area contributed by atoms with Crippen molar-refractivity contribution in [3.63, 3.8) is 0 Å².